The smallest absolute Gasteiger partial charge is 0.0133 e. The minimum Gasteiger partial charge on any atom is -0.327 e. The van der Waals surface area contributed by atoms with E-state index < -0.39 is 0 Å². The van der Waals surface area contributed by atoms with Crippen LogP contribution >= 0.6 is 0 Å². The van der Waals surface area contributed by atoms with Crippen molar-refractivity contribution in [2.45, 2.75) is 40.7 Å². The fraction of sp³-hybridized carbons (Fsp3) is 1.00. The van der Waals surface area contributed by atoms with E-state index in [9.17, 15) is 0 Å². The molecule has 60 valence electrons. The fourth-order valence-corrected chi connectivity index (χ4v) is 2.33. The molecule has 1 fully saturated rings. The molecule has 10 heavy (non-hydrogen) atoms. The van der Waals surface area contributed by atoms with E-state index in [1.54, 1.807) is 0 Å². The van der Waals surface area contributed by atoms with Gasteiger partial charge in [0.05, 0.1) is 0 Å². The van der Waals surface area contributed by atoms with Crippen LogP contribution < -0.4 is 5.73 Å². The van der Waals surface area contributed by atoms with E-state index >= 15 is 0 Å². The first-order chi connectivity index (χ1) is 4.28. The average molecular weight is 141 g/mol. The zero-order valence-corrected chi connectivity index (χ0v) is 7.73. The van der Waals surface area contributed by atoms with Crippen molar-refractivity contribution in [2.24, 2.45) is 22.5 Å². The highest BCUT2D eigenvalue weighted by molar-refractivity contribution is 5.12. The lowest BCUT2D eigenvalue weighted by Crippen LogP contribution is -2.15. The molecule has 1 rings (SSSR count). The van der Waals surface area contributed by atoms with E-state index in [-0.39, 0.29) is 0 Å². The van der Waals surface area contributed by atoms with Gasteiger partial charge in [-0.25, -0.2) is 0 Å². The molecule has 1 heteroatoms. The SMILES string of the molecule is CC(C)(C)[C@H]1[C@H](N)C1(C)C. The van der Waals surface area contributed by atoms with Crippen molar-refractivity contribution in [2.75, 3.05) is 0 Å². The van der Waals surface area contributed by atoms with Gasteiger partial charge in [0.15, 0.2) is 0 Å². The van der Waals surface area contributed by atoms with Crippen LogP contribution in [0.2, 0.25) is 0 Å². The second-order valence-electron chi connectivity index (χ2n) is 5.19. The first kappa shape index (κ1) is 8.06. The molecule has 0 saturated heterocycles. The summed E-state index contributed by atoms with van der Waals surface area (Å²) in [5.74, 6) is 0.708. The third kappa shape index (κ3) is 0.968. The highest BCUT2D eigenvalue weighted by Gasteiger charge is 2.60. The molecular formula is C9H19N. The lowest BCUT2D eigenvalue weighted by atomic mass is 9.86. The number of rotatable bonds is 0. The van der Waals surface area contributed by atoms with Crippen LogP contribution in [0.15, 0.2) is 0 Å². The minimum absolute atomic E-state index is 0.387. The molecule has 0 aromatic heterocycles. The molecule has 2 N–H and O–H groups in total. The first-order valence-electron chi connectivity index (χ1n) is 4.03. The number of hydrogen-bond acceptors (Lipinski definition) is 1. The van der Waals surface area contributed by atoms with Crippen LogP contribution in [0, 0.1) is 16.7 Å². The summed E-state index contributed by atoms with van der Waals surface area (Å²) in [7, 11) is 0. The Morgan fingerprint density at radius 1 is 1.20 bits per heavy atom. The number of hydrogen-bond donors (Lipinski definition) is 1. The predicted octanol–water partition coefficient (Wildman–Crippen LogP) is 2.02. The zero-order valence-electron chi connectivity index (χ0n) is 7.73. The fourth-order valence-electron chi connectivity index (χ4n) is 2.33. The van der Waals surface area contributed by atoms with Crippen LogP contribution in [-0.2, 0) is 0 Å². The minimum atomic E-state index is 0.387. The zero-order chi connectivity index (χ0) is 8.15. The first-order valence-corrected chi connectivity index (χ1v) is 4.03. The van der Waals surface area contributed by atoms with Gasteiger partial charge in [0.1, 0.15) is 0 Å². The van der Waals surface area contributed by atoms with E-state index in [4.69, 9.17) is 5.73 Å². The van der Waals surface area contributed by atoms with Gasteiger partial charge in [-0.1, -0.05) is 34.6 Å². The summed E-state index contributed by atoms with van der Waals surface area (Å²) in [4.78, 5) is 0. The number of nitrogens with two attached hydrogens (primary N) is 1. The third-order valence-electron chi connectivity index (χ3n) is 2.84. The second kappa shape index (κ2) is 1.76. The quantitative estimate of drug-likeness (QED) is 0.548. The van der Waals surface area contributed by atoms with Crippen molar-refractivity contribution in [3.63, 3.8) is 0 Å². The predicted molar refractivity (Wildman–Crippen MR) is 44.7 cm³/mol. The van der Waals surface area contributed by atoms with Gasteiger partial charge in [0, 0.05) is 6.04 Å². The van der Waals surface area contributed by atoms with Crippen molar-refractivity contribution in [1.29, 1.82) is 0 Å². The molecule has 0 amide bonds. The van der Waals surface area contributed by atoms with E-state index in [0.29, 0.717) is 22.8 Å². The molecule has 0 unspecified atom stereocenters. The molecule has 0 heterocycles. The van der Waals surface area contributed by atoms with Crippen molar-refractivity contribution < 1.29 is 0 Å². The van der Waals surface area contributed by atoms with E-state index in [2.05, 4.69) is 34.6 Å². The standard InChI is InChI=1S/C9H19N/c1-8(2,3)6-7(10)9(6,4)5/h6-7H,10H2,1-5H3/t6-,7+/m1/s1. The Morgan fingerprint density at radius 3 is 1.50 bits per heavy atom. The lowest BCUT2D eigenvalue weighted by molar-refractivity contribution is 0.299. The topological polar surface area (TPSA) is 26.0 Å². The van der Waals surface area contributed by atoms with Crippen LogP contribution in [0.5, 0.6) is 0 Å². The molecule has 2 atom stereocenters. The summed E-state index contributed by atoms with van der Waals surface area (Å²) in [6, 6.07) is 0.424. The highest BCUT2D eigenvalue weighted by atomic mass is 14.9. The van der Waals surface area contributed by atoms with Crippen LogP contribution in [0.4, 0.5) is 0 Å². The van der Waals surface area contributed by atoms with E-state index in [1.807, 2.05) is 0 Å². The summed E-state index contributed by atoms with van der Waals surface area (Å²) in [6.07, 6.45) is 0. The van der Waals surface area contributed by atoms with Gasteiger partial charge >= 0.3 is 0 Å². The normalized spacial score (nSPS) is 37.8. The molecule has 1 nitrogen and oxygen atoms in total. The Hall–Kier alpha value is -0.0400. The maximum absolute atomic E-state index is 5.93. The molecular weight excluding hydrogens is 122 g/mol. The summed E-state index contributed by atoms with van der Waals surface area (Å²) < 4.78 is 0. The summed E-state index contributed by atoms with van der Waals surface area (Å²) in [6.45, 7) is 11.3. The van der Waals surface area contributed by atoms with Crippen molar-refractivity contribution in [3.8, 4) is 0 Å². The van der Waals surface area contributed by atoms with Crippen molar-refractivity contribution in [1.82, 2.24) is 0 Å². The van der Waals surface area contributed by atoms with E-state index in [1.165, 1.54) is 0 Å². The molecule has 1 aliphatic carbocycles. The summed E-state index contributed by atoms with van der Waals surface area (Å²) in [5.41, 5.74) is 6.71. The van der Waals surface area contributed by atoms with E-state index in [0.717, 1.165) is 0 Å². The monoisotopic (exact) mass is 141 g/mol. The molecule has 0 bridgehead atoms. The average Bonchev–Trinajstić information content (AvgIpc) is 2.03. The van der Waals surface area contributed by atoms with Crippen LogP contribution in [0.25, 0.3) is 0 Å². The molecule has 0 radical (unpaired) electrons. The Morgan fingerprint density at radius 2 is 1.50 bits per heavy atom. The molecule has 0 aromatic carbocycles. The van der Waals surface area contributed by atoms with Gasteiger partial charge in [-0.2, -0.15) is 0 Å². The second-order valence-corrected chi connectivity index (χ2v) is 5.19. The molecule has 0 aromatic rings. The van der Waals surface area contributed by atoms with Gasteiger partial charge in [-0.3, -0.25) is 0 Å². The van der Waals surface area contributed by atoms with Gasteiger partial charge in [0.2, 0.25) is 0 Å². The maximum Gasteiger partial charge on any atom is 0.0133 e. The highest BCUT2D eigenvalue weighted by Crippen LogP contribution is 2.58. The van der Waals surface area contributed by atoms with Crippen LogP contribution in [0.1, 0.15) is 34.6 Å². The van der Waals surface area contributed by atoms with Gasteiger partial charge in [-0.15, -0.1) is 0 Å². The van der Waals surface area contributed by atoms with Crippen LogP contribution in [-0.4, -0.2) is 6.04 Å². The van der Waals surface area contributed by atoms with Crippen LogP contribution in [0.3, 0.4) is 0 Å². The molecule has 1 saturated carbocycles. The molecule has 0 spiro atoms. The van der Waals surface area contributed by atoms with Gasteiger partial charge in [0.25, 0.3) is 0 Å². The maximum atomic E-state index is 5.93. The Balaban J connectivity index is 2.66. The summed E-state index contributed by atoms with van der Waals surface area (Å²) >= 11 is 0. The summed E-state index contributed by atoms with van der Waals surface area (Å²) in [5, 5.41) is 0. The van der Waals surface area contributed by atoms with Crippen molar-refractivity contribution >= 4 is 0 Å². The lowest BCUT2D eigenvalue weighted by Gasteiger charge is -2.19. The van der Waals surface area contributed by atoms with Crippen molar-refractivity contribution in [3.05, 3.63) is 0 Å². The van der Waals surface area contributed by atoms with Gasteiger partial charge < -0.3 is 5.73 Å². The molecule has 0 aliphatic heterocycles. The third-order valence-corrected chi connectivity index (χ3v) is 2.84. The molecule has 1 aliphatic rings. The Labute approximate surface area is 64.0 Å². The Kier molecular flexibility index (Phi) is 1.42. The Bertz CT molecular complexity index is 131. The van der Waals surface area contributed by atoms with Gasteiger partial charge in [-0.05, 0) is 16.7 Å². The largest absolute Gasteiger partial charge is 0.327 e.